The Bertz CT molecular complexity index is 1060. The fourth-order valence-corrected chi connectivity index (χ4v) is 3.48. The van der Waals surface area contributed by atoms with Gasteiger partial charge >= 0.3 is 6.09 Å². The van der Waals surface area contributed by atoms with Crippen LogP contribution in [0.4, 0.5) is 9.93 Å². The number of rotatable bonds is 8. The van der Waals surface area contributed by atoms with Gasteiger partial charge in [0.05, 0.1) is 5.69 Å². The first kappa shape index (κ1) is 22.0. The molecule has 2 aromatic heterocycles. The molecule has 5 N–H and O–H groups in total. The van der Waals surface area contributed by atoms with Gasteiger partial charge in [0, 0.05) is 17.1 Å². The summed E-state index contributed by atoms with van der Waals surface area (Å²) in [5.41, 5.74) is 7.62. The van der Waals surface area contributed by atoms with E-state index in [0.717, 1.165) is 5.56 Å². The largest absolute Gasteiger partial charge is 0.445 e. The number of nitrogens with two attached hydrogens (primary N) is 1. The number of alkyl carbamates (subject to hydrolysis) is 1. The van der Waals surface area contributed by atoms with Crippen molar-refractivity contribution in [2.75, 3.05) is 5.32 Å². The van der Waals surface area contributed by atoms with Crippen LogP contribution in [0.5, 0.6) is 0 Å². The highest BCUT2D eigenvalue weighted by Crippen LogP contribution is 2.25. The van der Waals surface area contributed by atoms with Crippen LogP contribution in [0.3, 0.4) is 0 Å². The Hall–Kier alpha value is -3.66. The molecule has 1 aromatic carbocycles. The van der Waals surface area contributed by atoms with E-state index in [9.17, 15) is 14.4 Å². The lowest BCUT2D eigenvalue weighted by Crippen LogP contribution is -2.47. The molecule has 0 aliphatic rings. The lowest BCUT2D eigenvalue weighted by molar-refractivity contribution is -0.119. The van der Waals surface area contributed by atoms with E-state index in [1.807, 2.05) is 44.2 Å². The van der Waals surface area contributed by atoms with Crippen molar-refractivity contribution in [2.24, 2.45) is 11.7 Å². The van der Waals surface area contributed by atoms with Crippen molar-refractivity contribution < 1.29 is 19.1 Å². The molecule has 162 valence electrons. The molecule has 0 unspecified atom stereocenters. The lowest BCUT2D eigenvalue weighted by Gasteiger charge is -2.20. The summed E-state index contributed by atoms with van der Waals surface area (Å²) in [7, 11) is 0. The molecule has 0 radical (unpaired) electrons. The van der Waals surface area contributed by atoms with E-state index in [4.69, 9.17) is 10.5 Å². The zero-order valence-electron chi connectivity index (χ0n) is 17.0. The van der Waals surface area contributed by atoms with Crippen LogP contribution in [0.1, 0.15) is 29.9 Å². The second kappa shape index (κ2) is 9.90. The molecule has 0 bridgehead atoms. The Morgan fingerprint density at radius 3 is 2.61 bits per heavy atom. The van der Waals surface area contributed by atoms with Gasteiger partial charge in [0.15, 0.2) is 5.13 Å². The number of aromatic nitrogens is 2. The first-order valence-corrected chi connectivity index (χ1v) is 10.4. The summed E-state index contributed by atoms with van der Waals surface area (Å²) in [5, 5.41) is 7.44. The molecule has 2 heterocycles. The third kappa shape index (κ3) is 5.92. The third-order valence-electron chi connectivity index (χ3n) is 4.41. The number of benzene rings is 1. The van der Waals surface area contributed by atoms with Gasteiger partial charge in [-0.3, -0.25) is 9.59 Å². The maximum atomic E-state index is 12.7. The normalized spacial score (nSPS) is 11.7. The van der Waals surface area contributed by atoms with E-state index >= 15 is 0 Å². The summed E-state index contributed by atoms with van der Waals surface area (Å²) < 4.78 is 5.21. The summed E-state index contributed by atoms with van der Waals surface area (Å²) in [6, 6.07) is 10.1. The van der Waals surface area contributed by atoms with Gasteiger partial charge in [0.25, 0.3) is 5.91 Å². The molecule has 0 saturated heterocycles. The van der Waals surface area contributed by atoms with Gasteiger partial charge < -0.3 is 26.1 Å². The van der Waals surface area contributed by atoms with Gasteiger partial charge in [-0.15, -0.1) is 11.3 Å². The predicted molar refractivity (Wildman–Crippen MR) is 117 cm³/mol. The zero-order chi connectivity index (χ0) is 22.4. The van der Waals surface area contributed by atoms with Gasteiger partial charge in [-0.05, 0) is 17.5 Å². The number of hydrogen-bond acceptors (Lipinski definition) is 6. The summed E-state index contributed by atoms with van der Waals surface area (Å²) >= 11 is 1.23. The Morgan fingerprint density at radius 1 is 1.23 bits per heavy atom. The molecule has 0 aliphatic heterocycles. The molecule has 0 spiro atoms. The van der Waals surface area contributed by atoms with Crippen LogP contribution in [-0.2, 0) is 16.1 Å². The Labute approximate surface area is 183 Å². The maximum absolute atomic E-state index is 12.7. The van der Waals surface area contributed by atoms with Crippen molar-refractivity contribution in [3.05, 3.63) is 59.2 Å². The SMILES string of the molecule is CC(C)[C@H](NC(=O)OCc1ccccc1)C(=O)Nc1nc(-c2c[nH]c(C(N)=O)c2)cs1. The molecule has 0 fully saturated rings. The van der Waals surface area contributed by atoms with Crippen molar-refractivity contribution in [3.63, 3.8) is 0 Å². The number of hydrogen-bond donors (Lipinski definition) is 4. The number of carbonyl (C=O) groups excluding carboxylic acids is 3. The highest BCUT2D eigenvalue weighted by Gasteiger charge is 2.26. The standard InChI is InChI=1S/C21H23N5O4S/c1-12(2)17(25-21(29)30-10-13-6-4-3-5-7-13)19(28)26-20-24-16(11-31-20)14-8-15(18(22)27)23-9-14/h3-9,11-12,17,23H,10H2,1-2H3,(H2,22,27)(H,25,29)(H,24,26,28)/t17-/m0/s1. The van der Waals surface area contributed by atoms with E-state index in [2.05, 4.69) is 20.6 Å². The second-order valence-corrected chi connectivity index (χ2v) is 7.98. The molecule has 31 heavy (non-hydrogen) atoms. The monoisotopic (exact) mass is 441 g/mol. The molecule has 9 nitrogen and oxygen atoms in total. The average Bonchev–Trinajstić information content (AvgIpc) is 3.40. The average molecular weight is 442 g/mol. The van der Waals surface area contributed by atoms with Gasteiger partial charge in [0.2, 0.25) is 5.91 Å². The molecule has 3 aromatic rings. The fourth-order valence-electron chi connectivity index (χ4n) is 2.76. The first-order valence-electron chi connectivity index (χ1n) is 9.55. The molecule has 1 atom stereocenters. The molecule has 0 saturated carbocycles. The summed E-state index contributed by atoms with van der Waals surface area (Å²) in [6.07, 6.45) is 0.936. The number of thiazole rings is 1. The van der Waals surface area contributed by atoms with Crippen LogP contribution in [0, 0.1) is 5.92 Å². The highest BCUT2D eigenvalue weighted by molar-refractivity contribution is 7.14. The quantitative estimate of drug-likeness (QED) is 0.425. The van der Waals surface area contributed by atoms with Gasteiger partial charge in [0.1, 0.15) is 18.3 Å². The number of nitrogens with one attached hydrogen (secondary N) is 3. The first-order chi connectivity index (χ1) is 14.8. The molecule has 0 aliphatic carbocycles. The number of anilines is 1. The van der Waals surface area contributed by atoms with Crippen LogP contribution in [0.2, 0.25) is 0 Å². The predicted octanol–water partition coefficient (Wildman–Crippen LogP) is 3.13. The lowest BCUT2D eigenvalue weighted by atomic mass is 10.0. The number of ether oxygens (including phenoxy) is 1. The van der Waals surface area contributed by atoms with E-state index < -0.39 is 23.9 Å². The van der Waals surface area contributed by atoms with Crippen LogP contribution >= 0.6 is 11.3 Å². The molecule has 3 rings (SSSR count). The number of aromatic amines is 1. The van der Waals surface area contributed by atoms with Crippen molar-refractivity contribution >= 4 is 34.4 Å². The van der Waals surface area contributed by atoms with Gasteiger partial charge in [-0.2, -0.15) is 0 Å². The summed E-state index contributed by atoms with van der Waals surface area (Å²) in [4.78, 5) is 43.2. The Balaban J connectivity index is 1.59. The molecule has 10 heteroatoms. The molecular formula is C21H23N5O4S. The zero-order valence-corrected chi connectivity index (χ0v) is 17.9. The van der Waals surface area contributed by atoms with Gasteiger partial charge in [-0.25, -0.2) is 9.78 Å². The van der Waals surface area contributed by atoms with E-state index in [0.29, 0.717) is 16.4 Å². The summed E-state index contributed by atoms with van der Waals surface area (Å²) in [5.74, 6) is -1.15. The molecule has 3 amide bonds. The highest BCUT2D eigenvalue weighted by atomic mass is 32.1. The number of H-pyrrole nitrogens is 1. The smallest absolute Gasteiger partial charge is 0.408 e. The van der Waals surface area contributed by atoms with Crippen LogP contribution < -0.4 is 16.4 Å². The van der Waals surface area contributed by atoms with Crippen molar-refractivity contribution in [1.29, 1.82) is 0 Å². The second-order valence-electron chi connectivity index (χ2n) is 7.12. The van der Waals surface area contributed by atoms with Crippen molar-refractivity contribution in [3.8, 4) is 11.3 Å². The van der Waals surface area contributed by atoms with Gasteiger partial charge in [-0.1, -0.05) is 44.2 Å². The number of carbonyl (C=O) groups is 3. The topological polar surface area (TPSA) is 139 Å². The van der Waals surface area contributed by atoms with E-state index in [1.165, 1.54) is 11.3 Å². The van der Waals surface area contributed by atoms with E-state index in [1.54, 1.807) is 17.6 Å². The fraction of sp³-hybridized carbons (Fsp3) is 0.238. The minimum Gasteiger partial charge on any atom is -0.445 e. The van der Waals surface area contributed by atoms with Crippen LogP contribution in [0.15, 0.2) is 48.0 Å². The minimum atomic E-state index is -0.802. The minimum absolute atomic E-state index is 0.110. The van der Waals surface area contributed by atoms with Crippen LogP contribution in [0.25, 0.3) is 11.3 Å². The Kier molecular flexibility index (Phi) is 7.03. The number of nitrogens with zero attached hydrogens (tertiary/aromatic N) is 1. The number of primary amides is 1. The maximum Gasteiger partial charge on any atom is 0.408 e. The number of amides is 3. The van der Waals surface area contributed by atoms with E-state index in [-0.39, 0.29) is 18.2 Å². The van der Waals surface area contributed by atoms with Crippen molar-refractivity contribution in [2.45, 2.75) is 26.5 Å². The summed E-state index contributed by atoms with van der Waals surface area (Å²) in [6.45, 7) is 3.75. The Morgan fingerprint density at radius 2 is 1.97 bits per heavy atom. The third-order valence-corrected chi connectivity index (χ3v) is 5.17. The molecular weight excluding hydrogens is 418 g/mol. The van der Waals surface area contributed by atoms with Crippen molar-refractivity contribution in [1.82, 2.24) is 15.3 Å². The van der Waals surface area contributed by atoms with Crippen LogP contribution in [-0.4, -0.2) is 33.9 Å².